The van der Waals surface area contributed by atoms with Gasteiger partial charge in [-0.25, -0.2) is 4.98 Å². The highest BCUT2D eigenvalue weighted by Crippen LogP contribution is 2.46. The van der Waals surface area contributed by atoms with E-state index in [1.54, 1.807) is 6.20 Å². The summed E-state index contributed by atoms with van der Waals surface area (Å²) >= 11 is 0. The zero-order valence-electron chi connectivity index (χ0n) is 17.1. The van der Waals surface area contributed by atoms with E-state index >= 15 is 0 Å². The number of amides is 1. The van der Waals surface area contributed by atoms with Gasteiger partial charge in [0.2, 0.25) is 0 Å². The Morgan fingerprint density at radius 1 is 1.00 bits per heavy atom. The van der Waals surface area contributed by atoms with E-state index in [0.29, 0.717) is 11.0 Å². The maximum Gasteiger partial charge on any atom is 0.251 e. The Labute approximate surface area is 174 Å². The second-order valence-corrected chi connectivity index (χ2v) is 8.79. The van der Waals surface area contributed by atoms with Crippen LogP contribution >= 0.6 is 0 Å². The third-order valence-corrected chi connectivity index (χ3v) is 6.35. The maximum absolute atomic E-state index is 12.8. The summed E-state index contributed by atoms with van der Waals surface area (Å²) < 4.78 is 0. The molecule has 1 aromatic carbocycles. The van der Waals surface area contributed by atoms with Crippen molar-refractivity contribution in [1.82, 2.24) is 10.3 Å². The minimum atomic E-state index is 0.0358. The highest BCUT2D eigenvalue weighted by molar-refractivity contribution is 5.94. The van der Waals surface area contributed by atoms with Gasteiger partial charge in [-0.2, -0.15) is 0 Å². The fourth-order valence-electron chi connectivity index (χ4n) is 4.51. The van der Waals surface area contributed by atoms with Crippen molar-refractivity contribution in [2.24, 2.45) is 11.3 Å². The Morgan fingerprint density at radius 3 is 2.41 bits per heavy atom. The molecule has 2 aliphatic carbocycles. The third kappa shape index (κ3) is 5.70. The van der Waals surface area contributed by atoms with Crippen LogP contribution in [-0.4, -0.2) is 17.4 Å². The molecule has 1 aromatic heterocycles. The molecule has 3 heteroatoms. The van der Waals surface area contributed by atoms with Crippen molar-refractivity contribution in [3.63, 3.8) is 0 Å². The lowest BCUT2D eigenvalue weighted by atomic mass is 9.75. The van der Waals surface area contributed by atoms with Crippen LogP contribution in [0.5, 0.6) is 0 Å². The summed E-state index contributed by atoms with van der Waals surface area (Å²) in [6.45, 7) is 0.823. The Morgan fingerprint density at radius 2 is 1.76 bits per heavy atom. The van der Waals surface area contributed by atoms with E-state index in [-0.39, 0.29) is 5.91 Å². The Kier molecular flexibility index (Phi) is 6.30. The summed E-state index contributed by atoms with van der Waals surface area (Å²) in [5, 5.41) is 3.26. The predicted molar refractivity (Wildman–Crippen MR) is 116 cm³/mol. The van der Waals surface area contributed by atoms with Gasteiger partial charge in [0, 0.05) is 23.9 Å². The van der Waals surface area contributed by atoms with Gasteiger partial charge < -0.3 is 5.32 Å². The van der Waals surface area contributed by atoms with E-state index in [2.05, 4.69) is 22.1 Å². The summed E-state index contributed by atoms with van der Waals surface area (Å²) in [5.74, 6) is 7.10. The van der Waals surface area contributed by atoms with Crippen molar-refractivity contribution in [1.29, 1.82) is 0 Å². The van der Waals surface area contributed by atoms with Crippen LogP contribution in [0.1, 0.15) is 79.4 Å². The van der Waals surface area contributed by atoms with Gasteiger partial charge >= 0.3 is 0 Å². The number of nitrogens with one attached hydrogen (secondary N) is 1. The van der Waals surface area contributed by atoms with E-state index < -0.39 is 0 Å². The van der Waals surface area contributed by atoms with Crippen molar-refractivity contribution < 1.29 is 4.79 Å². The smallest absolute Gasteiger partial charge is 0.251 e. The van der Waals surface area contributed by atoms with E-state index in [1.165, 1.54) is 57.8 Å². The standard InChI is InChI=1S/C26H30N2O/c29-25(28-20-26(19-22-8-9-22)16-4-1-2-5-17-26)23-13-10-21(11-14-23)12-15-24-7-3-6-18-27-24/h3,6-7,10-11,13-14,18,22H,1-2,4-5,8-9,16-17,19-20H2,(H,28,29). The molecule has 2 aromatic rings. The van der Waals surface area contributed by atoms with Crippen molar-refractivity contribution in [2.75, 3.05) is 6.54 Å². The van der Waals surface area contributed by atoms with E-state index in [9.17, 15) is 4.79 Å². The first kappa shape index (κ1) is 19.7. The minimum absolute atomic E-state index is 0.0358. The molecule has 150 valence electrons. The lowest BCUT2D eigenvalue weighted by Gasteiger charge is -2.33. The van der Waals surface area contributed by atoms with Gasteiger partial charge in [-0.3, -0.25) is 4.79 Å². The van der Waals surface area contributed by atoms with Crippen molar-refractivity contribution in [3.8, 4) is 11.8 Å². The molecule has 0 spiro atoms. The van der Waals surface area contributed by atoms with Crippen molar-refractivity contribution in [2.45, 2.75) is 57.8 Å². The average molecular weight is 387 g/mol. The SMILES string of the molecule is O=C(NCC1(CC2CC2)CCCCCC1)c1ccc(C#Cc2ccccn2)cc1. The van der Waals surface area contributed by atoms with Crippen LogP contribution in [-0.2, 0) is 0 Å². The molecular weight excluding hydrogens is 356 g/mol. The number of hydrogen-bond donors (Lipinski definition) is 1. The minimum Gasteiger partial charge on any atom is -0.351 e. The predicted octanol–water partition coefficient (Wildman–Crippen LogP) is 5.35. The molecule has 1 heterocycles. The monoisotopic (exact) mass is 386 g/mol. The highest BCUT2D eigenvalue weighted by Gasteiger charge is 2.37. The lowest BCUT2D eigenvalue weighted by Crippen LogP contribution is -2.38. The summed E-state index contributed by atoms with van der Waals surface area (Å²) in [6, 6.07) is 13.3. The fourth-order valence-corrected chi connectivity index (χ4v) is 4.51. The fraction of sp³-hybridized carbons (Fsp3) is 0.462. The normalized spacial score (nSPS) is 18.2. The number of pyridine rings is 1. The largest absolute Gasteiger partial charge is 0.351 e. The second kappa shape index (κ2) is 9.27. The zero-order valence-corrected chi connectivity index (χ0v) is 17.1. The summed E-state index contributed by atoms with van der Waals surface area (Å²) in [5.41, 5.74) is 2.67. The molecule has 1 N–H and O–H groups in total. The van der Waals surface area contributed by atoms with Gasteiger partial charge in [-0.1, -0.05) is 50.5 Å². The molecule has 0 aliphatic heterocycles. The first-order chi connectivity index (χ1) is 14.2. The average Bonchev–Trinajstić information content (AvgIpc) is 3.60. The lowest BCUT2D eigenvalue weighted by molar-refractivity contribution is 0.0914. The number of rotatable bonds is 5. The Hall–Kier alpha value is -2.60. The van der Waals surface area contributed by atoms with Gasteiger partial charge in [0.25, 0.3) is 5.91 Å². The second-order valence-electron chi connectivity index (χ2n) is 8.79. The van der Waals surface area contributed by atoms with Gasteiger partial charge in [0.1, 0.15) is 5.69 Å². The zero-order chi connectivity index (χ0) is 19.9. The van der Waals surface area contributed by atoms with Crippen LogP contribution in [0.2, 0.25) is 0 Å². The van der Waals surface area contributed by atoms with Crippen molar-refractivity contribution in [3.05, 3.63) is 65.5 Å². The Balaban J connectivity index is 1.37. The highest BCUT2D eigenvalue weighted by atomic mass is 16.1. The Bertz CT molecular complexity index is 864. The quantitative estimate of drug-likeness (QED) is 0.556. The molecule has 2 fully saturated rings. The topological polar surface area (TPSA) is 42.0 Å². The van der Waals surface area contributed by atoms with E-state index in [0.717, 1.165) is 23.7 Å². The van der Waals surface area contributed by atoms with Crippen LogP contribution in [0.3, 0.4) is 0 Å². The number of nitrogens with zero attached hydrogens (tertiary/aromatic N) is 1. The summed E-state index contributed by atoms with van der Waals surface area (Å²) in [6.07, 6.45) is 13.7. The number of carbonyl (C=O) groups is 1. The molecule has 2 saturated carbocycles. The first-order valence-electron chi connectivity index (χ1n) is 11.0. The van der Waals surface area contributed by atoms with E-state index in [1.807, 2.05) is 42.5 Å². The van der Waals surface area contributed by atoms with Gasteiger partial charge in [0.15, 0.2) is 0 Å². The number of hydrogen-bond acceptors (Lipinski definition) is 2. The number of carbonyl (C=O) groups excluding carboxylic acids is 1. The van der Waals surface area contributed by atoms with Crippen LogP contribution < -0.4 is 5.32 Å². The van der Waals surface area contributed by atoms with Crippen LogP contribution in [0.15, 0.2) is 48.7 Å². The first-order valence-corrected chi connectivity index (χ1v) is 11.0. The molecule has 2 aliphatic rings. The van der Waals surface area contributed by atoms with Crippen LogP contribution in [0.4, 0.5) is 0 Å². The molecular formula is C26H30N2O. The molecule has 0 unspecified atom stereocenters. The maximum atomic E-state index is 12.8. The molecule has 0 atom stereocenters. The van der Waals surface area contributed by atoms with Crippen LogP contribution in [0.25, 0.3) is 0 Å². The molecule has 0 bridgehead atoms. The third-order valence-electron chi connectivity index (χ3n) is 6.35. The van der Waals surface area contributed by atoms with E-state index in [4.69, 9.17) is 0 Å². The van der Waals surface area contributed by atoms with Gasteiger partial charge in [0.05, 0.1) is 0 Å². The molecule has 4 rings (SSSR count). The molecule has 1 amide bonds. The van der Waals surface area contributed by atoms with Crippen LogP contribution in [0, 0.1) is 23.2 Å². The molecule has 0 radical (unpaired) electrons. The van der Waals surface area contributed by atoms with Gasteiger partial charge in [-0.05, 0) is 72.9 Å². The molecule has 29 heavy (non-hydrogen) atoms. The number of aromatic nitrogens is 1. The van der Waals surface area contributed by atoms with Gasteiger partial charge in [-0.15, -0.1) is 0 Å². The molecule has 3 nitrogen and oxygen atoms in total. The summed E-state index contributed by atoms with van der Waals surface area (Å²) in [4.78, 5) is 17.0. The van der Waals surface area contributed by atoms with Crippen molar-refractivity contribution >= 4 is 5.91 Å². The summed E-state index contributed by atoms with van der Waals surface area (Å²) in [7, 11) is 0. The number of benzene rings is 1. The molecule has 0 saturated heterocycles.